The van der Waals surface area contributed by atoms with Gasteiger partial charge in [0.2, 0.25) is 0 Å². The molecule has 1 saturated carbocycles. The second kappa shape index (κ2) is 6.24. The normalized spacial score (nSPS) is 23.6. The fourth-order valence-corrected chi connectivity index (χ4v) is 3.74. The van der Waals surface area contributed by atoms with Crippen molar-refractivity contribution < 1.29 is 14.7 Å². The van der Waals surface area contributed by atoms with Gasteiger partial charge in [-0.05, 0) is 52.4 Å². The zero-order valence-electron chi connectivity index (χ0n) is 13.5. The Bertz CT molecular complexity index is 397. The Morgan fingerprint density at radius 2 is 1.76 bits per heavy atom. The maximum absolute atomic E-state index is 12.9. The zero-order chi connectivity index (χ0) is 15.6. The first-order valence-electron chi connectivity index (χ1n) is 8.10. The van der Waals surface area contributed by atoms with Crippen LogP contribution in [-0.2, 0) is 4.79 Å². The minimum atomic E-state index is -0.949. The molecule has 0 aromatic rings. The number of aliphatic carboxylic acids is 1. The molecule has 1 heterocycles. The summed E-state index contributed by atoms with van der Waals surface area (Å²) < 4.78 is 0. The summed E-state index contributed by atoms with van der Waals surface area (Å²) >= 11 is 0. The molecular formula is C16H28N2O3. The van der Waals surface area contributed by atoms with E-state index in [1.165, 1.54) is 30.6 Å². The molecule has 0 aromatic heterocycles. The maximum Gasteiger partial charge on any atom is 0.323 e. The molecule has 2 amide bonds. The van der Waals surface area contributed by atoms with Crippen molar-refractivity contribution in [1.82, 2.24) is 9.80 Å². The maximum atomic E-state index is 12.9. The molecule has 1 N–H and O–H groups in total. The molecule has 5 heteroatoms. The van der Waals surface area contributed by atoms with Crippen molar-refractivity contribution in [2.24, 2.45) is 5.92 Å². The number of carbonyl (C=O) groups excluding carboxylic acids is 1. The lowest BCUT2D eigenvalue weighted by molar-refractivity contribution is -0.138. The number of hydrogen-bond acceptors (Lipinski definition) is 2. The van der Waals surface area contributed by atoms with E-state index in [1.54, 1.807) is 0 Å². The van der Waals surface area contributed by atoms with Crippen molar-refractivity contribution in [2.75, 3.05) is 13.1 Å². The molecule has 21 heavy (non-hydrogen) atoms. The second-order valence-electron chi connectivity index (χ2n) is 7.38. The number of carboxylic acid groups (broad SMARTS) is 1. The summed E-state index contributed by atoms with van der Waals surface area (Å²) in [5, 5.41) is 9.10. The topological polar surface area (TPSA) is 60.9 Å². The molecule has 2 rings (SSSR count). The van der Waals surface area contributed by atoms with E-state index < -0.39 is 11.5 Å². The van der Waals surface area contributed by atoms with E-state index in [9.17, 15) is 9.59 Å². The molecule has 1 aliphatic carbocycles. The summed E-state index contributed by atoms with van der Waals surface area (Å²) in [5.74, 6) is -0.335. The first kappa shape index (κ1) is 16.1. The van der Waals surface area contributed by atoms with E-state index >= 15 is 0 Å². The highest BCUT2D eigenvalue weighted by Crippen LogP contribution is 2.36. The lowest BCUT2D eigenvalue weighted by Gasteiger charge is -2.40. The van der Waals surface area contributed by atoms with Gasteiger partial charge in [0.1, 0.15) is 6.54 Å². The lowest BCUT2D eigenvalue weighted by Crippen LogP contribution is -2.55. The van der Waals surface area contributed by atoms with Crippen LogP contribution in [0.15, 0.2) is 0 Å². The standard InChI is InChI=1S/C16H28N2O3/c1-16(2,3)18(11-14(19)20)15(21)17-10-6-9-13(17)12-7-4-5-8-12/h12-13H,4-11H2,1-3H3,(H,19,20). The predicted molar refractivity (Wildman–Crippen MR) is 81.2 cm³/mol. The lowest BCUT2D eigenvalue weighted by atomic mass is 9.96. The summed E-state index contributed by atoms with van der Waals surface area (Å²) in [4.78, 5) is 27.4. The van der Waals surface area contributed by atoms with Crippen LogP contribution in [0.25, 0.3) is 0 Å². The third-order valence-corrected chi connectivity index (χ3v) is 4.82. The first-order valence-corrected chi connectivity index (χ1v) is 8.10. The van der Waals surface area contributed by atoms with E-state index in [1.807, 2.05) is 25.7 Å². The van der Waals surface area contributed by atoms with Gasteiger partial charge < -0.3 is 14.9 Å². The molecular weight excluding hydrogens is 268 g/mol. The number of carbonyl (C=O) groups is 2. The van der Waals surface area contributed by atoms with Crippen LogP contribution in [0.3, 0.4) is 0 Å². The highest BCUT2D eigenvalue weighted by atomic mass is 16.4. The average molecular weight is 296 g/mol. The summed E-state index contributed by atoms with van der Waals surface area (Å²) in [7, 11) is 0. The Balaban J connectivity index is 2.13. The molecule has 1 saturated heterocycles. The number of rotatable bonds is 3. The molecule has 0 bridgehead atoms. The minimum Gasteiger partial charge on any atom is -0.480 e. The summed E-state index contributed by atoms with van der Waals surface area (Å²) in [6.07, 6.45) is 7.06. The number of amides is 2. The Morgan fingerprint density at radius 1 is 1.14 bits per heavy atom. The van der Waals surface area contributed by atoms with E-state index in [2.05, 4.69) is 0 Å². The summed E-state index contributed by atoms with van der Waals surface area (Å²) in [6.45, 7) is 6.24. The van der Waals surface area contributed by atoms with E-state index in [0.717, 1.165) is 19.4 Å². The first-order chi connectivity index (χ1) is 9.80. The summed E-state index contributed by atoms with van der Waals surface area (Å²) in [6, 6.07) is 0.220. The smallest absolute Gasteiger partial charge is 0.323 e. The molecule has 1 aliphatic heterocycles. The highest BCUT2D eigenvalue weighted by molar-refractivity contribution is 5.81. The molecule has 5 nitrogen and oxygen atoms in total. The van der Waals surface area contributed by atoms with Crippen LogP contribution < -0.4 is 0 Å². The molecule has 1 unspecified atom stereocenters. The van der Waals surface area contributed by atoms with Gasteiger partial charge in [0.25, 0.3) is 0 Å². The molecule has 2 fully saturated rings. The third kappa shape index (κ3) is 3.69. The summed E-state index contributed by atoms with van der Waals surface area (Å²) in [5.41, 5.74) is -0.474. The molecule has 1 atom stereocenters. The van der Waals surface area contributed by atoms with Gasteiger partial charge in [0, 0.05) is 18.1 Å². The van der Waals surface area contributed by atoms with Crippen molar-refractivity contribution in [1.29, 1.82) is 0 Å². The highest BCUT2D eigenvalue weighted by Gasteiger charge is 2.40. The van der Waals surface area contributed by atoms with E-state index in [4.69, 9.17) is 5.11 Å². The third-order valence-electron chi connectivity index (χ3n) is 4.82. The van der Waals surface area contributed by atoms with Crippen LogP contribution in [0.4, 0.5) is 4.79 Å². The van der Waals surface area contributed by atoms with Crippen molar-refractivity contribution in [3.63, 3.8) is 0 Å². The number of likely N-dealkylation sites (tertiary alicyclic amines) is 1. The van der Waals surface area contributed by atoms with E-state index in [0.29, 0.717) is 12.0 Å². The van der Waals surface area contributed by atoms with Gasteiger partial charge in [-0.1, -0.05) is 12.8 Å². The monoisotopic (exact) mass is 296 g/mol. The van der Waals surface area contributed by atoms with Crippen LogP contribution in [0, 0.1) is 5.92 Å². The van der Waals surface area contributed by atoms with Crippen LogP contribution in [0.5, 0.6) is 0 Å². The Kier molecular flexibility index (Phi) is 4.79. The van der Waals surface area contributed by atoms with Crippen molar-refractivity contribution in [2.45, 2.75) is 70.9 Å². The molecule has 2 aliphatic rings. The van der Waals surface area contributed by atoms with Gasteiger partial charge in [-0.15, -0.1) is 0 Å². The quantitative estimate of drug-likeness (QED) is 0.871. The molecule has 0 spiro atoms. The fourth-order valence-electron chi connectivity index (χ4n) is 3.74. The van der Waals surface area contributed by atoms with Crippen molar-refractivity contribution in [3.05, 3.63) is 0 Å². The van der Waals surface area contributed by atoms with Gasteiger partial charge in [-0.2, -0.15) is 0 Å². The van der Waals surface area contributed by atoms with Crippen LogP contribution in [-0.4, -0.2) is 51.6 Å². The predicted octanol–water partition coefficient (Wildman–Crippen LogP) is 2.95. The SMILES string of the molecule is CC(C)(C)N(CC(=O)O)C(=O)N1CCCC1C1CCCC1. The van der Waals surface area contributed by atoms with Crippen LogP contribution in [0.1, 0.15) is 59.3 Å². The van der Waals surface area contributed by atoms with Gasteiger partial charge in [-0.3, -0.25) is 4.79 Å². The van der Waals surface area contributed by atoms with Gasteiger partial charge in [0.15, 0.2) is 0 Å². The van der Waals surface area contributed by atoms with Crippen LogP contribution in [0.2, 0.25) is 0 Å². The van der Waals surface area contributed by atoms with Crippen molar-refractivity contribution in [3.8, 4) is 0 Å². The fraction of sp³-hybridized carbons (Fsp3) is 0.875. The van der Waals surface area contributed by atoms with Gasteiger partial charge in [0.05, 0.1) is 0 Å². The second-order valence-corrected chi connectivity index (χ2v) is 7.38. The number of urea groups is 1. The van der Waals surface area contributed by atoms with E-state index in [-0.39, 0.29) is 12.6 Å². The zero-order valence-corrected chi connectivity index (χ0v) is 13.5. The molecule has 0 aromatic carbocycles. The van der Waals surface area contributed by atoms with Gasteiger partial charge >= 0.3 is 12.0 Å². The Morgan fingerprint density at radius 3 is 2.29 bits per heavy atom. The Labute approximate surface area is 127 Å². The number of nitrogens with zero attached hydrogens (tertiary/aromatic N) is 2. The van der Waals surface area contributed by atoms with Crippen molar-refractivity contribution >= 4 is 12.0 Å². The molecule has 0 radical (unpaired) electrons. The Hall–Kier alpha value is -1.26. The van der Waals surface area contributed by atoms with Crippen LogP contribution >= 0.6 is 0 Å². The molecule has 120 valence electrons. The minimum absolute atomic E-state index is 0.0979. The van der Waals surface area contributed by atoms with Gasteiger partial charge in [-0.25, -0.2) is 4.79 Å². The number of carboxylic acids is 1. The largest absolute Gasteiger partial charge is 0.480 e. The number of hydrogen-bond donors (Lipinski definition) is 1. The average Bonchev–Trinajstić information content (AvgIpc) is 3.02.